The Morgan fingerprint density at radius 1 is 1.79 bits per heavy atom. The Kier molecular flexibility index (Phi) is 3.64. The van der Waals surface area contributed by atoms with Gasteiger partial charge in [-0.15, -0.1) is 0 Å². The number of aryl methyl sites for hydroxylation is 1. The number of carbonyl (C=O) groups excluding carboxylic acids is 1. The minimum atomic E-state index is -0.343. The van der Waals surface area contributed by atoms with Crippen LogP contribution in [0.15, 0.2) is 12.3 Å². The van der Waals surface area contributed by atoms with Crippen LogP contribution in [0.2, 0.25) is 0 Å². The molecule has 2 N–H and O–H groups in total. The zero-order chi connectivity index (χ0) is 10.6. The van der Waals surface area contributed by atoms with Crippen molar-refractivity contribution in [2.24, 2.45) is 5.73 Å². The summed E-state index contributed by atoms with van der Waals surface area (Å²) in [6.45, 7) is 2.72. The third-order valence-corrected chi connectivity index (χ3v) is 2.04. The molecule has 1 rings (SSSR count). The normalized spacial score (nSPS) is 12.5. The fourth-order valence-corrected chi connectivity index (χ4v) is 1.29. The molecule has 0 saturated heterocycles. The Balaban J connectivity index is 2.68. The molecule has 5 nitrogen and oxygen atoms in total. The first-order valence-corrected chi connectivity index (χ1v) is 4.53. The number of esters is 1. The zero-order valence-electron chi connectivity index (χ0n) is 8.43. The Hall–Kier alpha value is -1.36. The van der Waals surface area contributed by atoms with Crippen molar-refractivity contribution in [1.82, 2.24) is 9.78 Å². The van der Waals surface area contributed by atoms with Crippen LogP contribution in [-0.2, 0) is 16.1 Å². The molecule has 0 bridgehead atoms. The van der Waals surface area contributed by atoms with Gasteiger partial charge in [0.05, 0.1) is 25.3 Å². The third kappa shape index (κ3) is 2.32. The van der Waals surface area contributed by atoms with Gasteiger partial charge < -0.3 is 10.5 Å². The van der Waals surface area contributed by atoms with E-state index < -0.39 is 0 Å². The molecule has 1 heterocycles. The molecule has 0 fully saturated rings. The number of aromatic nitrogens is 2. The molecule has 0 aromatic carbocycles. The lowest BCUT2D eigenvalue weighted by Gasteiger charge is -2.11. The SMILES string of the molecule is CCn1nccc1C(N)CC(=O)OC. The Morgan fingerprint density at radius 2 is 2.50 bits per heavy atom. The molecule has 1 aromatic rings. The van der Waals surface area contributed by atoms with Gasteiger partial charge in [-0.05, 0) is 13.0 Å². The number of hydrogen-bond donors (Lipinski definition) is 1. The molecule has 14 heavy (non-hydrogen) atoms. The summed E-state index contributed by atoms with van der Waals surface area (Å²) < 4.78 is 6.32. The predicted molar refractivity (Wildman–Crippen MR) is 51.5 cm³/mol. The maximum Gasteiger partial charge on any atom is 0.307 e. The first-order chi connectivity index (χ1) is 6.69. The molecule has 1 unspecified atom stereocenters. The van der Waals surface area contributed by atoms with Crippen LogP contribution in [0, 0.1) is 0 Å². The van der Waals surface area contributed by atoms with Gasteiger partial charge >= 0.3 is 5.97 Å². The van der Waals surface area contributed by atoms with Crippen LogP contribution in [0.4, 0.5) is 0 Å². The van der Waals surface area contributed by atoms with Crippen LogP contribution in [0.3, 0.4) is 0 Å². The van der Waals surface area contributed by atoms with Crippen molar-refractivity contribution in [2.45, 2.75) is 25.9 Å². The number of rotatable bonds is 4. The van der Waals surface area contributed by atoms with E-state index in [9.17, 15) is 4.79 Å². The Morgan fingerprint density at radius 3 is 3.07 bits per heavy atom. The van der Waals surface area contributed by atoms with Crippen molar-refractivity contribution in [3.05, 3.63) is 18.0 Å². The lowest BCUT2D eigenvalue weighted by atomic mass is 10.1. The van der Waals surface area contributed by atoms with E-state index in [0.717, 1.165) is 12.2 Å². The quantitative estimate of drug-likeness (QED) is 0.712. The fraction of sp³-hybridized carbons (Fsp3) is 0.556. The van der Waals surface area contributed by atoms with Crippen molar-refractivity contribution < 1.29 is 9.53 Å². The second kappa shape index (κ2) is 4.76. The van der Waals surface area contributed by atoms with Gasteiger partial charge in [-0.2, -0.15) is 5.10 Å². The van der Waals surface area contributed by atoms with E-state index in [4.69, 9.17) is 5.73 Å². The molecule has 0 amide bonds. The van der Waals surface area contributed by atoms with E-state index in [0.29, 0.717) is 0 Å². The molecule has 5 heteroatoms. The van der Waals surface area contributed by atoms with E-state index in [1.54, 1.807) is 10.9 Å². The zero-order valence-corrected chi connectivity index (χ0v) is 8.43. The first kappa shape index (κ1) is 10.7. The summed E-state index contributed by atoms with van der Waals surface area (Å²) in [5, 5.41) is 4.07. The van der Waals surface area contributed by atoms with Gasteiger partial charge in [0.1, 0.15) is 0 Å². The van der Waals surface area contributed by atoms with Crippen LogP contribution >= 0.6 is 0 Å². The molecule has 1 atom stereocenters. The second-order valence-electron chi connectivity index (χ2n) is 2.96. The summed E-state index contributed by atoms with van der Waals surface area (Å²) in [5.74, 6) is -0.304. The van der Waals surface area contributed by atoms with E-state index in [-0.39, 0.29) is 18.4 Å². The number of nitrogens with two attached hydrogens (primary N) is 1. The third-order valence-electron chi connectivity index (χ3n) is 2.04. The van der Waals surface area contributed by atoms with Gasteiger partial charge in [-0.3, -0.25) is 9.48 Å². The van der Waals surface area contributed by atoms with Gasteiger partial charge in [-0.25, -0.2) is 0 Å². The first-order valence-electron chi connectivity index (χ1n) is 4.53. The Labute approximate surface area is 82.8 Å². The van der Waals surface area contributed by atoms with Crippen LogP contribution in [0.25, 0.3) is 0 Å². The van der Waals surface area contributed by atoms with Crippen molar-refractivity contribution >= 4 is 5.97 Å². The lowest BCUT2D eigenvalue weighted by molar-refractivity contribution is -0.141. The van der Waals surface area contributed by atoms with Gasteiger partial charge in [-0.1, -0.05) is 0 Å². The van der Waals surface area contributed by atoms with Gasteiger partial charge in [0.25, 0.3) is 0 Å². The molecule has 1 aromatic heterocycles. The van der Waals surface area contributed by atoms with E-state index in [1.165, 1.54) is 7.11 Å². The summed E-state index contributed by atoms with van der Waals surface area (Å²) in [6.07, 6.45) is 1.86. The van der Waals surface area contributed by atoms with Crippen LogP contribution in [0.1, 0.15) is 25.1 Å². The highest BCUT2D eigenvalue weighted by molar-refractivity contribution is 5.70. The smallest absolute Gasteiger partial charge is 0.307 e. The highest BCUT2D eigenvalue weighted by Crippen LogP contribution is 2.13. The fourth-order valence-electron chi connectivity index (χ4n) is 1.29. The standard InChI is InChI=1S/C9H15N3O2/c1-3-12-8(4-5-11-12)7(10)6-9(13)14-2/h4-5,7H,3,6,10H2,1-2H3. The van der Waals surface area contributed by atoms with Crippen molar-refractivity contribution in [1.29, 1.82) is 0 Å². The lowest BCUT2D eigenvalue weighted by Crippen LogP contribution is -2.19. The van der Waals surface area contributed by atoms with Crippen LogP contribution < -0.4 is 5.73 Å². The predicted octanol–water partition coefficient (Wildman–Crippen LogP) is 0.466. The average molecular weight is 197 g/mol. The second-order valence-corrected chi connectivity index (χ2v) is 2.96. The van der Waals surface area contributed by atoms with E-state index in [1.807, 2.05) is 13.0 Å². The summed E-state index contributed by atoms with van der Waals surface area (Å²) in [7, 11) is 1.35. The largest absolute Gasteiger partial charge is 0.469 e. The minimum absolute atomic E-state index is 0.183. The number of hydrogen-bond acceptors (Lipinski definition) is 4. The number of nitrogens with zero attached hydrogens (tertiary/aromatic N) is 2. The summed E-state index contributed by atoms with van der Waals surface area (Å²) >= 11 is 0. The molecule has 0 aliphatic rings. The minimum Gasteiger partial charge on any atom is -0.469 e. The molecule has 0 radical (unpaired) electrons. The molecule has 0 aliphatic heterocycles. The summed E-state index contributed by atoms with van der Waals surface area (Å²) in [5.41, 5.74) is 6.69. The van der Waals surface area contributed by atoms with Crippen LogP contribution in [-0.4, -0.2) is 22.9 Å². The molecule has 0 saturated carbocycles. The van der Waals surface area contributed by atoms with Gasteiger partial charge in [0.15, 0.2) is 0 Å². The van der Waals surface area contributed by atoms with E-state index in [2.05, 4.69) is 9.84 Å². The van der Waals surface area contributed by atoms with Crippen molar-refractivity contribution in [2.75, 3.05) is 7.11 Å². The molecule has 78 valence electrons. The summed E-state index contributed by atoms with van der Waals surface area (Å²) in [6, 6.07) is 1.47. The molecular formula is C9H15N3O2. The van der Waals surface area contributed by atoms with Crippen LogP contribution in [0.5, 0.6) is 0 Å². The monoisotopic (exact) mass is 197 g/mol. The van der Waals surface area contributed by atoms with Crippen molar-refractivity contribution in [3.8, 4) is 0 Å². The molecule has 0 aliphatic carbocycles. The van der Waals surface area contributed by atoms with Gasteiger partial charge in [0.2, 0.25) is 0 Å². The Bertz CT molecular complexity index is 309. The maximum absolute atomic E-state index is 11.0. The number of methoxy groups -OCH3 is 1. The molecule has 0 spiro atoms. The summed E-state index contributed by atoms with van der Waals surface area (Å²) in [4.78, 5) is 11.0. The molecular weight excluding hydrogens is 182 g/mol. The number of carbonyl (C=O) groups is 1. The topological polar surface area (TPSA) is 70.1 Å². The maximum atomic E-state index is 11.0. The van der Waals surface area contributed by atoms with E-state index >= 15 is 0 Å². The highest BCUT2D eigenvalue weighted by Gasteiger charge is 2.15. The van der Waals surface area contributed by atoms with Gasteiger partial charge in [0, 0.05) is 12.7 Å². The average Bonchev–Trinajstić information content (AvgIpc) is 2.65. The number of ether oxygens (including phenoxy) is 1. The van der Waals surface area contributed by atoms with Crippen molar-refractivity contribution in [3.63, 3.8) is 0 Å². The highest BCUT2D eigenvalue weighted by atomic mass is 16.5.